The molecule has 1 atom stereocenters. The minimum absolute atomic E-state index is 0.0467. The number of nitrogens with zero attached hydrogens (tertiary/aromatic N) is 2. The Kier molecular flexibility index (Phi) is 5.24. The summed E-state index contributed by atoms with van der Waals surface area (Å²) < 4.78 is 5.62. The first-order chi connectivity index (χ1) is 12.1. The van der Waals surface area contributed by atoms with Crippen LogP contribution in [0, 0.1) is 0 Å². The fourth-order valence-corrected chi connectivity index (χ4v) is 4.00. The summed E-state index contributed by atoms with van der Waals surface area (Å²) in [6.45, 7) is 0. The van der Waals surface area contributed by atoms with Gasteiger partial charge in [0.1, 0.15) is 0 Å². The molecule has 3 rings (SSSR count). The summed E-state index contributed by atoms with van der Waals surface area (Å²) in [5.74, 6) is -0.572. The van der Waals surface area contributed by atoms with Crippen molar-refractivity contribution in [2.45, 2.75) is 6.10 Å². The molecule has 26 heavy (non-hydrogen) atoms. The number of ether oxygens (including phenoxy) is 1. The van der Waals surface area contributed by atoms with Crippen molar-refractivity contribution in [2.24, 2.45) is 0 Å². The topological polar surface area (TPSA) is 32.8 Å². The Morgan fingerprint density at radius 2 is 1.50 bits per heavy atom. The SMILES string of the molecule is CN(C)c1ccc(C2OC(=O)c3c(Cl)c(Cl)c(Cl)c(Cl)c32)c(N(C)C)c1. The first kappa shape index (κ1) is 19.4. The lowest BCUT2D eigenvalue weighted by Crippen LogP contribution is -2.16. The number of carbonyl (C=O) groups excluding carboxylic acids is 1. The Labute approximate surface area is 172 Å². The van der Waals surface area contributed by atoms with E-state index >= 15 is 0 Å². The van der Waals surface area contributed by atoms with Gasteiger partial charge < -0.3 is 14.5 Å². The molecule has 1 heterocycles. The van der Waals surface area contributed by atoms with Crippen molar-refractivity contribution in [3.8, 4) is 0 Å². The van der Waals surface area contributed by atoms with E-state index in [4.69, 9.17) is 51.1 Å². The first-order valence-electron chi connectivity index (χ1n) is 7.70. The van der Waals surface area contributed by atoms with Crippen LogP contribution in [0.1, 0.15) is 27.6 Å². The number of cyclic esters (lactones) is 1. The molecule has 0 aromatic heterocycles. The summed E-state index contributed by atoms with van der Waals surface area (Å²) in [5, 5.41) is 0.385. The van der Waals surface area contributed by atoms with Crippen molar-refractivity contribution in [3.05, 3.63) is 55.0 Å². The smallest absolute Gasteiger partial charge is 0.341 e. The van der Waals surface area contributed by atoms with Crippen LogP contribution in [0.15, 0.2) is 18.2 Å². The molecule has 0 bridgehead atoms. The summed E-state index contributed by atoms with van der Waals surface area (Å²) in [4.78, 5) is 16.4. The Bertz CT molecular complexity index is 913. The van der Waals surface area contributed by atoms with Gasteiger partial charge in [0.2, 0.25) is 0 Å². The van der Waals surface area contributed by atoms with Crippen LogP contribution < -0.4 is 9.80 Å². The molecule has 1 aliphatic heterocycles. The van der Waals surface area contributed by atoms with E-state index in [1.807, 2.05) is 56.2 Å². The maximum Gasteiger partial charge on any atom is 0.341 e. The molecule has 138 valence electrons. The summed E-state index contributed by atoms with van der Waals surface area (Å²) in [6.07, 6.45) is -0.717. The molecule has 0 N–H and O–H groups in total. The molecule has 4 nitrogen and oxygen atoms in total. The number of anilines is 2. The number of benzene rings is 2. The molecule has 0 amide bonds. The van der Waals surface area contributed by atoms with Gasteiger partial charge in [-0.05, 0) is 12.1 Å². The van der Waals surface area contributed by atoms with Crippen molar-refractivity contribution in [1.29, 1.82) is 0 Å². The number of esters is 1. The summed E-state index contributed by atoms with van der Waals surface area (Å²) in [7, 11) is 7.74. The standard InChI is InChI=1S/C18H16Cl4N2O2/c1-23(2)8-5-6-9(10(7-8)24(3)4)17-11-12(18(25)26-17)14(20)16(22)15(21)13(11)19/h5-7,17H,1-4H3. The van der Waals surface area contributed by atoms with Crippen LogP contribution in [0.4, 0.5) is 11.4 Å². The van der Waals surface area contributed by atoms with Crippen molar-refractivity contribution < 1.29 is 9.53 Å². The number of hydrogen-bond acceptors (Lipinski definition) is 4. The predicted octanol–water partition coefficient (Wildman–Crippen LogP) is 5.69. The van der Waals surface area contributed by atoms with Gasteiger partial charge in [-0.2, -0.15) is 0 Å². The monoisotopic (exact) mass is 432 g/mol. The number of carbonyl (C=O) groups is 1. The first-order valence-corrected chi connectivity index (χ1v) is 9.21. The van der Waals surface area contributed by atoms with Crippen LogP contribution in [0.2, 0.25) is 20.1 Å². The van der Waals surface area contributed by atoms with Gasteiger partial charge in [-0.3, -0.25) is 0 Å². The molecular formula is C18H16Cl4N2O2. The van der Waals surface area contributed by atoms with E-state index < -0.39 is 12.1 Å². The average Bonchev–Trinajstić information content (AvgIpc) is 2.94. The van der Waals surface area contributed by atoms with Crippen LogP contribution in [-0.2, 0) is 4.74 Å². The Hall–Kier alpha value is -1.33. The second-order valence-electron chi connectivity index (χ2n) is 6.36. The largest absolute Gasteiger partial charge is 0.449 e. The van der Waals surface area contributed by atoms with Crippen molar-refractivity contribution in [2.75, 3.05) is 38.0 Å². The van der Waals surface area contributed by atoms with Crippen LogP contribution >= 0.6 is 46.4 Å². The second kappa shape index (κ2) is 7.01. The van der Waals surface area contributed by atoms with Gasteiger partial charge in [0.15, 0.2) is 6.10 Å². The third-order valence-electron chi connectivity index (χ3n) is 4.29. The van der Waals surface area contributed by atoms with Crippen molar-refractivity contribution in [3.63, 3.8) is 0 Å². The lowest BCUT2D eigenvalue weighted by Gasteiger charge is -2.24. The van der Waals surface area contributed by atoms with E-state index in [-0.39, 0.29) is 25.7 Å². The predicted molar refractivity (Wildman–Crippen MR) is 109 cm³/mol. The van der Waals surface area contributed by atoms with Crippen LogP contribution in [0.3, 0.4) is 0 Å². The fraction of sp³-hybridized carbons (Fsp3) is 0.278. The van der Waals surface area contributed by atoms with Crippen LogP contribution in [0.25, 0.3) is 0 Å². The zero-order chi connectivity index (χ0) is 19.3. The minimum Gasteiger partial charge on any atom is -0.449 e. The number of fused-ring (bicyclic) bond motifs is 1. The van der Waals surface area contributed by atoms with E-state index in [1.165, 1.54) is 0 Å². The number of hydrogen-bond donors (Lipinski definition) is 0. The summed E-state index contributed by atoms with van der Waals surface area (Å²) >= 11 is 24.9. The van der Waals surface area contributed by atoms with Crippen molar-refractivity contribution in [1.82, 2.24) is 0 Å². The zero-order valence-electron chi connectivity index (χ0n) is 14.5. The minimum atomic E-state index is -0.717. The molecular weight excluding hydrogens is 418 g/mol. The molecule has 2 aromatic carbocycles. The van der Waals surface area contributed by atoms with E-state index in [2.05, 4.69) is 0 Å². The Morgan fingerprint density at radius 3 is 2.08 bits per heavy atom. The van der Waals surface area contributed by atoms with E-state index in [9.17, 15) is 4.79 Å². The van der Waals surface area contributed by atoms with Gasteiger partial charge in [-0.15, -0.1) is 0 Å². The zero-order valence-corrected chi connectivity index (χ0v) is 17.6. The Balaban J connectivity index is 2.25. The molecule has 0 radical (unpaired) electrons. The Morgan fingerprint density at radius 1 is 0.885 bits per heavy atom. The van der Waals surface area contributed by atoms with Gasteiger partial charge in [-0.25, -0.2) is 4.79 Å². The van der Waals surface area contributed by atoms with Crippen molar-refractivity contribution >= 4 is 63.7 Å². The molecule has 0 aliphatic carbocycles. The summed E-state index contributed by atoms with van der Waals surface area (Å²) in [6, 6.07) is 5.86. The van der Waals surface area contributed by atoms with E-state index in [0.717, 1.165) is 16.9 Å². The lowest BCUT2D eigenvalue weighted by atomic mass is 9.97. The molecule has 0 saturated heterocycles. The molecule has 8 heteroatoms. The van der Waals surface area contributed by atoms with Crippen LogP contribution in [-0.4, -0.2) is 34.2 Å². The van der Waals surface area contributed by atoms with E-state index in [1.54, 1.807) is 0 Å². The highest BCUT2D eigenvalue weighted by molar-refractivity contribution is 6.53. The fourth-order valence-electron chi connectivity index (χ4n) is 2.96. The second-order valence-corrected chi connectivity index (χ2v) is 7.87. The third kappa shape index (κ3) is 2.99. The van der Waals surface area contributed by atoms with Gasteiger partial charge in [-0.1, -0.05) is 52.5 Å². The van der Waals surface area contributed by atoms with E-state index in [0.29, 0.717) is 5.56 Å². The average molecular weight is 434 g/mol. The summed E-state index contributed by atoms with van der Waals surface area (Å²) in [5.41, 5.74) is 3.29. The molecule has 1 unspecified atom stereocenters. The highest BCUT2D eigenvalue weighted by atomic mass is 35.5. The molecule has 1 aliphatic rings. The van der Waals surface area contributed by atoms with Gasteiger partial charge in [0, 0.05) is 50.7 Å². The highest BCUT2D eigenvalue weighted by Gasteiger charge is 2.40. The van der Waals surface area contributed by atoms with Crippen LogP contribution in [0.5, 0.6) is 0 Å². The maximum atomic E-state index is 12.5. The number of halogens is 4. The van der Waals surface area contributed by atoms with Gasteiger partial charge in [0.05, 0.1) is 25.7 Å². The molecule has 0 fully saturated rings. The normalized spacial score (nSPS) is 15.7. The third-order valence-corrected chi connectivity index (χ3v) is 6.11. The quantitative estimate of drug-likeness (QED) is 0.353. The van der Waals surface area contributed by atoms with Gasteiger partial charge in [0.25, 0.3) is 0 Å². The molecule has 0 spiro atoms. The lowest BCUT2D eigenvalue weighted by molar-refractivity contribution is 0.0457. The maximum absolute atomic E-state index is 12.5. The molecule has 0 saturated carbocycles. The van der Waals surface area contributed by atoms with Gasteiger partial charge >= 0.3 is 5.97 Å². The highest BCUT2D eigenvalue weighted by Crippen LogP contribution is 2.51. The number of rotatable bonds is 3. The molecule has 2 aromatic rings.